The number of aromatic nitrogens is 1. The Morgan fingerprint density at radius 3 is 2.60 bits per heavy atom. The molecule has 3 aromatic rings. The highest BCUT2D eigenvalue weighted by Gasteiger charge is 2.31. The molecule has 0 amide bonds. The summed E-state index contributed by atoms with van der Waals surface area (Å²) in [6, 6.07) is 8.07. The van der Waals surface area contributed by atoms with Crippen LogP contribution in [0.4, 0.5) is 4.39 Å². The molecule has 0 N–H and O–H groups in total. The normalized spacial score (nSPS) is 14.9. The maximum atomic E-state index is 14.3. The third kappa shape index (κ3) is 2.40. The molecule has 0 radical (unpaired) electrons. The number of halogens is 1. The molecule has 0 saturated carbocycles. The number of rotatable bonds is 3. The molecule has 0 saturated heterocycles. The first-order valence-corrected chi connectivity index (χ1v) is 9.58. The number of hydrogen-bond donors (Lipinski definition) is 0. The van der Waals surface area contributed by atoms with Gasteiger partial charge in [-0.25, -0.2) is 16.8 Å². The van der Waals surface area contributed by atoms with Crippen molar-refractivity contribution < 1.29 is 12.8 Å². The Morgan fingerprint density at radius 2 is 1.88 bits per heavy atom. The number of nitrogens with zero attached hydrogens (tertiary/aromatic N) is 2. The van der Waals surface area contributed by atoms with Gasteiger partial charge in [-0.3, -0.25) is 0 Å². The minimum Gasteiger partial charge on any atom is -0.309 e. The van der Waals surface area contributed by atoms with Gasteiger partial charge in [-0.2, -0.15) is 0 Å². The van der Waals surface area contributed by atoms with Gasteiger partial charge in [-0.1, -0.05) is 11.6 Å². The summed E-state index contributed by atoms with van der Waals surface area (Å²) < 4.78 is 41.8. The van der Waals surface area contributed by atoms with Gasteiger partial charge >= 0.3 is 0 Å². The third-order valence-corrected chi connectivity index (χ3v) is 6.42. The van der Waals surface area contributed by atoms with E-state index in [0.29, 0.717) is 28.5 Å². The van der Waals surface area contributed by atoms with Crippen LogP contribution in [0.15, 0.2) is 41.4 Å². The van der Waals surface area contributed by atoms with Crippen molar-refractivity contribution >= 4 is 20.9 Å². The van der Waals surface area contributed by atoms with Crippen molar-refractivity contribution in [3.63, 3.8) is 0 Å². The van der Waals surface area contributed by atoms with Crippen LogP contribution in [-0.4, -0.2) is 37.9 Å². The first-order valence-electron chi connectivity index (χ1n) is 8.14. The summed E-state index contributed by atoms with van der Waals surface area (Å²) in [4.78, 5) is 2.25. The minimum absolute atomic E-state index is 0.229. The lowest BCUT2D eigenvalue weighted by Gasteiger charge is -2.20. The van der Waals surface area contributed by atoms with Gasteiger partial charge in [-0.05, 0) is 57.3 Å². The van der Waals surface area contributed by atoms with E-state index >= 15 is 0 Å². The van der Waals surface area contributed by atoms with Crippen LogP contribution in [0, 0.1) is 12.7 Å². The Labute approximate surface area is 146 Å². The van der Waals surface area contributed by atoms with Crippen LogP contribution in [0.5, 0.6) is 0 Å². The van der Waals surface area contributed by atoms with Crippen LogP contribution in [-0.2, 0) is 16.4 Å². The maximum Gasteiger partial charge on any atom is 0.268 e. The summed E-state index contributed by atoms with van der Waals surface area (Å²) in [6.07, 6.45) is 2.31. The van der Waals surface area contributed by atoms with Gasteiger partial charge in [0.1, 0.15) is 5.82 Å². The molecule has 4 nitrogen and oxygen atoms in total. The van der Waals surface area contributed by atoms with Crippen LogP contribution in [0.25, 0.3) is 22.0 Å². The van der Waals surface area contributed by atoms with Crippen molar-refractivity contribution in [1.82, 2.24) is 8.87 Å². The molecule has 2 heterocycles. The fourth-order valence-corrected chi connectivity index (χ4v) is 5.08. The van der Waals surface area contributed by atoms with Crippen molar-refractivity contribution in [1.29, 1.82) is 0 Å². The summed E-state index contributed by atoms with van der Waals surface area (Å²) in [5, 5.41) is 0.674. The van der Waals surface area contributed by atoms with Gasteiger partial charge in [0.05, 0.1) is 10.4 Å². The Hall–Kier alpha value is -2.18. The molecule has 2 aromatic carbocycles. The summed E-state index contributed by atoms with van der Waals surface area (Å²) in [5.74, 6) is -0.349. The van der Waals surface area contributed by atoms with Gasteiger partial charge in [-0.15, -0.1) is 0 Å². The number of hydrogen-bond acceptors (Lipinski definition) is 3. The van der Waals surface area contributed by atoms with Crippen molar-refractivity contribution in [2.75, 3.05) is 20.6 Å². The molecule has 0 spiro atoms. The molecule has 4 rings (SSSR count). The lowest BCUT2D eigenvalue weighted by Crippen LogP contribution is -2.17. The van der Waals surface area contributed by atoms with Gasteiger partial charge in [0, 0.05) is 29.3 Å². The molecule has 130 valence electrons. The summed E-state index contributed by atoms with van der Waals surface area (Å²) in [7, 11) is 0.240. The van der Waals surface area contributed by atoms with Crippen LogP contribution < -0.4 is 0 Å². The van der Waals surface area contributed by atoms with E-state index in [1.807, 2.05) is 32.0 Å². The monoisotopic (exact) mass is 358 g/mol. The van der Waals surface area contributed by atoms with E-state index in [-0.39, 0.29) is 10.7 Å². The fourth-order valence-electron chi connectivity index (χ4n) is 3.48. The van der Waals surface area contributed by atoms with Crippen molar-refractivity contribution in [2.24, 2.45) is 0 Å². The average molecular weight is 358 g/mol. The van der Waals surface area contributed by atoms with Crippen LogP contribution in [0.1, 0.15) is 11.1 Å². The highest BCUT2D eigenvalue weighted by Crippen LogP contribution is 2.42. The van der Waals surface area contributed by atoms with E-state index in [1.165, 1.54) is 16.1 Å². The Morgan fingerprint density at radius 1 is 1.12 bits per heavy atom. The van der Waals surface area contributed by atoms with E-state index in [2.05, 4.69) is 0 Å². The van der Waals surface area contributed by atoms with E-state index in [1.54, 1.807) is 18.3 Å². The van der Waals surface area contributed by atoms with Crippen molar-refractivity contribution in [3.8, 4) is 11.1 Å². The Balaban J connectivity index is 2.09. The highest BCUT2D eigenvalue weighted by molar-refractivity contribution is 7.90. The van der Waals surface area contributed by atoms with Gasteiger partial charge in [0.2, 0.25) is 0 Å². The Kier molecular flexibility index (Phi) is 3.53. The van der Waals surface area contributed by atoms with E-state index < -0.39 is 10.0 Å². The predicted octanol–water partition coefficient (Wildman–Crippen LogP) is 3.41. The molecule has 25 heavy (non-hydrogen) atoms. The van der Waals surface area contributed by atoms with Crippen LogP contribution >= 0.6 is 0 Å². The zero-order chi connectivity index (χ0) is 17.9. The quantitative estimate of drug-likeness (QED) is 0.564. The molecule has 0 atom stereocenters. The Bertz CT molecular complexity index is 1110. The molecule has 0 aliphatic carbocycles. The van der Waals surface area contributed by atoms with Gasteiger partial charge in [0.15, 0.2) is 0 Å². The second-order valence-corrected chi connectivity index (χ2v) is 8.64. The number of aryl methyl sites for hydroxylation is 1. The number of benzene rings is 2. The summed E-state index contributed by atoms with van der Waals surface area (Å²) in [6.45, 7) is 2.66. The van der Waals surface area contributed by atoms with E-state index in [0.717, 1.165) is 17.7 Å². The smallest absolute Gasteiger partial charge is 0.268 e. The zero-order valence-electron chi connectivity index (χ0n) is 14.4. The van der Waals surface area contributed by atoms with Gasteiger partial charge < -0.3 is 4.90 Å². The molecular formula is C19H19FN2O2S. The number of likely N-dealkylation sites (N-methyl/N-ethyl adjacent to an activating group) is 1. The summed E-state index contributed by atoms with van der Waals surface area (Å²) >= 11 is 0. The van der Waals surface area contributed by atoms with Crippen LogP contribution in [0.2, 0.25) is 0 Å². The molecular weight excluding hydrogens is 339 g/mol. The summed E-state index contributed by atoms with van der Waals surface area (Å²) in [5.41, 5.74) is 3.58. The SMILES string of the molecule is Cc1ccc2c(c1)-c1cc(F)cc3c(CCN(C)C)cn(c13)S2(=O)=O. The first kappa shape index (κ1) is 16.3. The topological polar surface area (TPSA) is 42.3 Å². The molecule has 1 aliphatic heterocycles. The maximum absolute atomic E-state index is 14.3. The largest absolute Gasteiger partial charge is 0.309 e. The molecule has 1 aromatic heterocycles. The first-order chi connectivity index (χ1) is 11.8. The standard InChI is InChI=1S/C19H19FN2O2S/c1-12-4-5-18-16(8-12)17-10-14(20)9-15-13(6-7-21(2)3)11-22(19(15)17)25(18,23)24/h4-5,8-11H,6-7H2,1-3H3. The van der Waals surface area contributed by atoms with E-state index in [4.69, 9.17) is 0 Å². The van der Waals surface area contributed by atoms with Gasteiger partial charge in [0.25, 0.3) is 10.0 Å². The molecule has 0 unspecified atom stereocenters. The fraction of sp³-hybridized carbons (Fsp3) is 0.263. The molecule has 0 bridgehead atoms. The lowest BCUT2D eigenvalue weighted by molar-refractivity contribution is 0.414. The molecule has 1 aliphatic rings. The number of fused-ring (bicyclic) bond motifs is 2. The van der Waals surface area contributed by atoms with Crippen molar-refractivity contribution in [2.45, 2.75) is 18.2 Å². The zero-order valence-corrected chi connectivity index (χ0v) is 15.2. The lowest BCUT2D eigenvalue weighted by atomic mass is 9.99. The average Bonchev–Trinajstić information content (AvgIpc) is 2.90. The molecule has 0 fully saturated rings. The molecule has 6 heteroatoms. The third-order valence-electron chi connectivity index (χ3n) is 4.70. The second kappa shape index (κ2) is 5.41. The van der Waals surface area contributed by atoms with Crippen molar-refractivity contribution in [3.05, 3.63) is 53.5 Å². The predicted molar refractivity (Wildman–Crippen MR) is 96.9 cm³/mol. The van der Waals surface area contributed by atoms with E-state index in [9.17, 15) is 12.8 Å². The second-order valence-electron chi connectivity index (χ2n) is 6.86. The minimum atomic E-state index is -3.67. The van der Waals surface area contributed by atoms with Crippen LogP contribution in [0.3, 0.4) is 0 Å². The highest BCUT2D eigenvalue weighted by atomic mass is 32.2.